The lowest BCUT2D eigenvalue weighted by Crippen LogP contribution is -2.26. The number of thioether (sulfide) groups is 1. The summed E-state index contributed by atoms with van der Waals surface area (Å²) in [5.74, 6) is -0.0120. The standard InChI is InChI=1S/C15H16N2OS/c1-17(15(18)13-4-3-9-16-10-13)11-12-5-7-14(19-2)8-6-12/h3-10H,11H2,1-2H3. The Morgan fingerprint density at radius 1 is 1.26 bits per heavy atom. The molecule has 1 heterocycles. The van der Waals surface area contributed by atoms with Crippen molar-refractivity contribution < 1.29 is 4.79 Å². The summed E-state index contributed by atoms with van der Waals surface area (Å²) in [6.07, 6.45) is 5.31. The Labute approximate surface area is 117 Å². The summed E-state index contributed by atoms with van der Waals surface area (Å²) >= 11 is 1.71. The maximum Gasteiger partial charge on any atom is 0.255 e. The summed E-state index contributed by atoms with van der Waals surface area (Å²) in [7, 11) is 1.80. The molecule has 19 heavy (non-hydrogen) atoms. The lowest BCUT2D eigenvalue weighted by molar-refractivity contribution is 0.0784. The van der Waals surface area contributed by atoms with E-state index in [1.54, 1.807) is 48.2 Å². The summed E-state index contributed by atoms with van der Waals surface area (Å²) in [4.78, 5) is 19.0. The van der Waals surface area contributed by atoms with Crippen molar-refractivity contribution >= 4 is 17.7 Å². The van der Waals surface area contributed by atoms with Gasteiger partial charge < -0.3 is 4.90 Å². The lowest BCUT2D eigenvalue weighted by atomic mass is 10.2. The third-order valence-corrected chi connectivity index (χ3v) is 3.58. The van der Waals surface area contributed by atoms with Gasteiger partial charge in [0.1, 0.15) is 0 Å². The Morgan fingerprint density at radius 2 is 2.00 bits per heavy atom. The second-order valence-electron chi connectivity index (χ2n) is 4.25. The Balaban J connectivity index is 2.04. The van der Waals surface area contributed by atoms with Gasteiger partial charge in [-0.2, -0.15) is 0 Å². The van der Waals surface area contributed by atoms with Crippen molar-refractivity contribution in [2.24, 2.45) is 0 Å². The number of benzene rings is 1. The fraction of sp³-hybridized carbons (Fsp3) is 0.200. The van der Waals surface area contributed by atoms with Crippen LogP contribution in [0.15, 0.2) is 53.7 Å². The molecule has 0 bridgehead atoms. The molecule has 0 radical (unpaired) electrons. The molecule has 1 amide bonds. The fourth-order valence-corrected chi connectivity index (χ4v) is 2.19. The highest BCUT2D eigenvalue weighted by molar-refractivity contribution is 7.98. The van der Waals surface area contributed by atoms with Gasteiger partial charge in [-0.05, 0) is 36.1 Å². The van der Waals surface area contributed by atoms with Gasteiger partial charge in [0.2, 0.25) is 0 Å². The smallest absolute Gasteiger partial charge is 0.255 e. The molecule has 0 aliphatic rings. The Hall–Kier alpha value is -1.81. The predicted octanol–water partition coefficient (Wildman–Crippen LogP) is 3.08. The molecule has 0 N–H and O–H groups in total. The van der Waals surface area contributed by atoms with Crippen LogP contribution in [0.4, 0.5) is 0 Å². The number of amides is 1. The van der Waals surface area contributed by atoms with E-state index < -0.39 is 0 Å². The van der Waals surface area contributed by atoms with Crippen LogP contribution in [0.2, 0.25) is 0 Å². The zero-order chi connectivity index (χ0) is 13.7. The molecule has 3 nitrogen and oxygen atoms in total. The molecule has 2 aromatic rings. The first-order valence-electron chi connectivity index (χ1n) is 5.99. The van der Waals surface area contributed by atoms with Gasteiger partial charge in [0.25, 0.3) is 5.91 Å². The first-order valence-corrected chi connectivity index (χ1v) is 7.21. The largest absolute Gasteiger partial charge is 0.337 e. The molecule has 0 spiro atoms. The molecule has 0 unspecified atom stereocenters. The van der Waals surface area contributed by atoms with Crippen LogP contribution in [-0.2, 0) is 6.54 Å². The third-order valence-electron chi connectivity index (χ3n) is 2.83. The van der Waals surface area contributed by atoms with Gasteiger partial charge in [0.15, 0.2) is 0 Å². The van der Waals surface area contributed by atoms with Crippen LogP contribution < -0.4 is 0 Å². The molecule has 0 atom stereocenters. The van der Waals surface area contributed by atoms with Gasteiger partial charge >= 0.3 is 0 Å². The van der Waals surface area contributed by atoms with Gasteiger partial charge in [-0.1, -0.05) is 12.1 Å². The summed E-state index contributed by atoms with van der Waals surface area (Å²) in [5, 5.41) is 0. The highest BCUT2D eigenvalue weighted by Crippen LogP contribution is 2.16. The second kappa shape index (κ2) is 6.38. The van der Waals surface area contributed by atoms with Crippen LogP contribution in [0.25, 0.3) is 0 Å². The van der Waals surface area contributed by atoms with E-state index in [0.29, 0.717) is 12.1 Å². The zero-order valence-corrected chi connectivity index (χ0v) is 11.9. The van der Waals surface area contributed by atoms with Crippen molar-refractivity contribution in [1.29, 1.82) is 0 Å². The number of hydrogen-bond donors (Lipinski definition) is 0. The zero-order valence-electron chi connectivity index (χ0n) is 11.0. The Bertz CT molecular complexity index is 540. The SMILES string of the molecule is CSc1ccc(CN(C)C(=O)c2cccnc2)cc1. The molecule has 0 fully saturated rings. The molecular weight excluding hydrogens is 256 g/mol. The average molecular weight is 272 g/mol. The minimum Gasteiger partial charge on any atom is -0.337 e. The molecule has 0 aliphatic carbocycles. The van der Waals surface area contributed by atoms with Crippen molar-refractivity contribution in [2.45, 2.75) is 11.4 Å². The number of nitrogens with zero attached hydrogens (tertiary/aromatic N) is 2. The number of hydrogen-bond acceptors (Lipinski definition) is 3. The van der Waals surface area contributed by atoms with Gasteiger partial charge in [0, 0.05) is 30.9 Å². The molecule has 0 aliphatic heterocycles. The predicted molar refractivity (Wildman–Crippen MR) is 78.3 cm³/mol. The molecular formula is C15H16N2OS. The van der Waals surface area contributed by atoms with Crippen LogP contribution >= 0.6 is 11.8 Å². The van der Waals surface area contributed by atoms with E-state index in [9.17, 15) is 4.79 Å². The van der Waals surface area contributed by atoms with Gasteiger partial charge in [-0.15, -0.1) is 11.8 Å². The molecule has 0 saturated carbocycles. The van der Waals surface area contributed by atoms with Crippen LogP contribution in [0.3, 0.4) is 0 Å². The lowest BCUT2D eigenvalue weighted by Gasteiger charge is -2.17. The first-order chi connectivity index (χ1) is 9.20. The minimum absolute atomic E-state index is 0.0120. The number of carbonyl (C=O) groups excluding carboxylic acids is 1. The summed E-state index contributed by atoms with van der Waals surface area (Å²) in [5.41, 5.74) is 1.74. The first kappa shape index (κ1) is 13.6. The minimum atomic E-state index is -0.0120. The molecule has 1 aromatic carbocycles. The third kappa shape index (κ3) is 3.58. The van der Waals surface area contributed by atoms with Crippen molar-refractivity contribution in [3.63, 3.8) is 0 Å². The van der Waals surface area contributed by atoms with Gasteiger partial charge in [-0.3, -0.25) is 9.78 Å². The normalized spacial score (nSPS) is 10.2. The van der Waals surface area contributed by atoms with Crippen molar-refractivity contribution in [3.05, 3.63) is 59.9 Å². The van der Waals surface area contributed by atoms with Crippen molar-refractivity contribution in [3.8, 4) is 0 Å². The maximum atomic E-state index is 12.2. The summed E-state index contributed by atoms with van der Waals surface area (Å²) in [6, 6.07) is 11.8. The molecule has 2 rings (SSSR count). The van der Waals surface area contributed by atoms with E-state index in [1.807, 2.05) is 6.26 Å². The Kier molecular flexibility index (Phi) is 4.58. The van der Waals surface area contributed by atoms with E-state index in [1.165, 1.54) is 4.90 Å². The molecule has 0 saturated heterocycles. The van der Waals surface area contributed by atoms with Crippen LogP contribution in [0, 0.1) is 0 Å². The molecule has 98 valence electrons. The Morgan fingerprint density at radius 3 is 2.58 bits per heavy atom. The van der Waals surface area contributed by atoms with Crippen LogP contribution in [0.5, 0.6) is 0 Å². The van der Waals surface area contributed by atoms with Crippen LogP contribution in [0.1, 0.15) is 15.9 Å². The molecule has 1 aromatic heterocycles. The molecule has 4 heteroatoms. The fourth-order valence-electron chi connectivity index (χ4n) is 1.79. The van der Waals surface area contributed by atoms with E-state index in [-0.39, 0.29) is 5.91 Å². The number of aromatic nitrogens is 1. The van der Waals surface area contributed by atoms with Crippen molar-refractivity contribution in [1.82, 2.24) is 9.88 Å². The quantitative estimate of drug-likeness (QED) is 0.802. The van der Waals surface area contributed by atoms with E-state index >= 15 is 0 Å². The van der Waals surface area contributed by atoms with E-state index in [2.05, 4.69) is 29.2 Å². The summed E-state index contributed by atoms with van der Waals surface area (Å²) in [6.45, 7) is 0.600. The highest BCUT2D eigenvalue weighted by Gasteiger charge is 2.11. The number of rotatable bonds is 4. The topological polar surface area (TPSA) is 33.2 Å². The van der Waals surface area contributed by atoms with Crippen molar-refractivity contribution in [2.75, 3.05) is 13.3 Å². The van der Waals surface area contributed by atoms with E-state index in [0.717, 1.165) is 5.56 Å². The second-order valence-corrected chi connectivity index (χ2v) is 5.13. The van der Waals surface area contributed by atoms with Crippen LogP contribution in [-0.4, -0.2) is 29.1 Å². The highest BCUT2D eigenvalue weighted by atomic mass is 32.2. The van der Waals surface area contributed by atoms with E-state index in [4.69, 9.17) is 0 Å². The monoisotopic (exact) mass is 272 g/mol. The average Bonchev–Trinajstić information content (AvgIpc) is 2.48. The van der Waals surface area contributed by atoms with Gasteiger partial charge in [0.05, 0.1) is 5.56 Å². The number of carbonyl (C=O) groups is 1. The number of pyridine rings is 1. The summed E-state index contributed by atoms with van der Waals surface area (Å²) < 4.78 is 0. The maximum absolute atomic E-state index is 12.2. The van der Waals surface area contributed by atoms with Gasteiger partial charge in [-0.25, -0.2) is 0 Å².